The summed E-state index contributed by atoms with van der Waals surface area (Å²) in [5.41, 5.74) is 4.86. The molecular weight excluding hydrogens is 354 g/mol. The number of aryl methyl sites for hydroxylation is 2. The van der Waals surface area contributed by atoms with E-state index in [1.165, 1.54) is 29.5 Å². The number of nitrogens with one attached hydrogen (secondary N) is 2. The molecule has 2 aromatic carbocycles. The van der Waals surface area contributed by atoms with Crippen molar-refractivity contribution < 1.29 is 4.74 Å². The lowest BCUT2D eigenvalue weighted by atomic mass is 10.1. The maximum absolute atomic E-state index is 5.53. The molecule has 1 aliphatic heterocycles. The molecule has 2 N–H and O–H groups in total. The molecule has 0 aliphatic carbocycles. The van der Waals surface area contributed by atoms with E-state index in [4.69, 9.17) is 17.0 Å². The smallest absolute Gasteiger partial charge is 0.170 e. The maximum Gasteiger partial charge on any atom is 0.170 e. The highest BCUT2D eigenvalue weighted by Gasteiger charge is 2.23. The maximum atomic E-state index is 5.53. The van der Waals surface area contributed by atoms with Crippen molar-refractivity contribution >= 4 is 23.0 Å². The van der Waals surface area contributed by atoms with Gasteiger partial charge in [0.2, 0.25) is 0 Å². The molecule has 1 fully saturated rings. The number of anilines is 1. The fraction of sp³-hybridized carbons (Fsp3) is 0.409. The van der Waals surface area contributed by atoms with Gasteiger partial charge in [0.25, 0.3) is 0 Å². The number of benzene rings is 2. The molecule has 5 heteroatoms. The zero-order valence-electron chi connectivity index (χ0n) is 16.4. The summed E-state index contributed by atoms with van der Waals surface area (Å²) in [5, 5.41) is 7.39. The molecule has 1 heterocycles. The first-order valence-electron chi connectivity index (χ1n) is 9.57. The van der Waals surface area contributed by atoms with E-state index in [1.54, 1.807) is 7.11 Å². The van der Waals surface area contributed by atoms with Crippen molar-refractivity contribution in [1.29, 1.82) is 0 Å². The van der Waals surface area contributed by atoms with Gasteiger partial charge in [-0.3, -0.25) is 4.90 Å². The number of methoxy groups -OCH3 is 1. The highest BCUT2D eigenvalue weighted by Crippen LogP contribution is 2.26. The topological polar surface area (TPSA) is 36.5 Å². The average molecular weight is 384 g/mol. The van der Waals surface area contributed by atoms with Crippen molar-refractivity contribution in [3.63, 3.8) is 0 Å². The summed E-state index contributed by atoms with van der Waals surface area (Å²) in [6, 6.07) is 15.0. The molecule has 0 amide bonds. The largest absolute Gasteiger partial charge is 0.497 e. The van der Waals surface area contributed by atoms with Crippen LogP contribution < -0.4 is 15.4 Å². The lowest BCUT2D eigenvalue weighted by Gasteiger charge is -2.29. The Bertz CT molecular complexity index is 770. The van der Waals surface area contributed by atoms with Crippen LogP contribution in [0.2, 0.25) is 0 Å². The lowest BCUT2D eigenvalue weighted by molar-refractivity contribution is 0.246. The van der Waals surface area contributed by atoms with Crippen LogP contribution in [0.4, 0.5) is 5.69 Å². The summed E-state index contributed by atoms with van der Waals surface area (Å²) < 4.78 is 5.30. The number of hydrogen-bond donors (Lipinski definition) is 2. The number of hydrogen-bond acceptors (Lipinski definition) is 3. The Hall–Kier alpha value is -2.11. The molecule has 1 atom stereocenters. The SMILES string of the molecule is COc1ccc([C@H](CNC(=S)Nc2ccc(C)c(C)c2)N2CCCC2)cc1. The van der Waals surface area contributed by atoms with Crippen LogP contribution in [0.5, 0.6) is 5.75 Å². The lowest BCUT2D eigenvalue weighted by Crippen LogP contribution is -2.38. The Morgan fingerprint density at radius 1 is 1.07 bits per heavy atom. The van der Waals surface area contributed by atoms with E-state index in [2.05, 4.69) is 59.7 Å². The highest BCUT2D eigenvalue weighted by molar-refractivity contribution is 7.80. The van der Waals surface area contributed by atoms with Gasteiger partial charge in [-0.15, -0.1) is 0 Å². The molecule has 4 nitrogen and oxygen atoms in total. The Morgan fingerprint density at radius 2 is 1.78 bits per heavy atom. The fourth-order valence-electron chi connectivity index (χ4n) is 3.52. The predicted molar refractivity (Wildman–Crippen MR) is 117 cm³/mol. The van der Waals surface area contributed by atoms with Crippen molar-refractivity contribution in [1.82, 2.24) is 10.2 Å². The molecule has 1 saturated heterocycles. The van der Waals surface area contributed by atoms with E-state index in [0.29, 0.717) is 11.2 Å². The summed E-state index contributed by atoms with van der Waals surface area (Å²) in [5.74, 6) is 0.888. The van der Waals surface area contributed by atoms with E-state index in [-0.39, 0.29) is 0 Å². The van der Waals surface area contributed by atoms with Crippen molar-refractivity contribution in [2.45, 2.75) is 32.7 Å². The minimum absolute atomic E-state index is 0.304. The van der Waals surface area contributed by atoms with Gasteiger partial charge in [0.15, 0.2) is 5.11 Å². The third-order valence-electron chi connectivity index (χ3n) is 5.30. The van der Waals surface area contributed by atoms with Gasteiger partial charge < -0.3 is 15.4 Å². The third kappa shape index (κ3) is 5.21. The zero-order chi connectivity index (χ0) is 19.2. The van der Waals surface area contributed by atoms with E-state index in [0.717, 1.165) is 31.1 Å². The Labute approximate surface area is 167 Å². The van der Waals surface area contributed by atoms with E-state index >= 15 is 0 Å². The first kappa shape index (κ1) is 19.6. The van der Waals surface area contributed by atoms with Crippen LogP contribution in [0.1, 0.15) is 35.6 Å². The molecule has 1 aliphatic rings. The second-order valence-corrected chi connectivity index (χ2v) is 7.57. The van der Waals surface area contributed by atoms with Crippen LogP contribution in [0.25, 0.3) is 0 Å². The third-order valence-corrected chi connectivity index (χ3v) is 5.55. The van der Waals surface area contributed by atoms with Crippen molar-refractivity contribution in [2.24, 2.45) is 0 Å². The molecular formula is C22H29N3OS. The Morgan fingerprint density at radius 3 is 2.41 bits per heavy atom. The Balaban J connectivity index is 1.64. The standard InChI is InChI=1S/C22H29N3OS/c1-16-6-9-19(14-17(16)2)24-22(27)23-15-21(25-12-4-5-13-25)18-7-10-20(26-3)11-8-18/h6-11,14,21H,4-5,12-13,15H2,1-3H3,(H2,23,24,27)/t21-/m0/s1. The van der Waals surface area contributed by atoms with Gasteiger partial charge in [-0.05, 0) is 93.0 Å². The summed E-state index contributed by atoms with van der Waals surface area (Å²) in [6.07, 6.45) is 2.52. The van der Waals surface area contributed by atoms with Crippen molar-refractivity contribution in [3.8, 4) is 5.75 Å². The number of nitrogens with zero attached hydrogens (tertiary/aromatic N) is 1. The summed E-state index contributed by atoms with van der Waals surface area (Å²) in [4.78, 5) is 2.54. The Kier molecular flexibility index (Phi) is 6.69. The minimum atomic E-state index is 0.304. The van der Waals surface area contributed by atoms with Gasteiger partial charge in [-0.1, -0.05) is 18.2 Å². The van der Waals surface area contributed by atoms with Crippen LogP contribution in [0, 0.1) is 13.8 Å². The molecule has 2 aromatic rings. The molecule has 0 saturated carbocycles. The van der Waals surface area contributed by atoms with Gasteiger partial charge in [0, 0.05) is 12.2 Å². The number of thiocarbonyl (C=S) groups is 1. The first-order chi connectivity index (χ1) is 13.1. The molecule has 0 radical (unpaired) electrons. The van der Waals surface area contributed by atoms with E-state index in [9.17, 15) is 0 Å². The van der Waals surface area contributed by atoms with Crippen LogP contribution in [0.3, 0.4) is 0 Å². The number of likely N-dealkylation sites (tertiary alicyclic amines) is 1. The van der Waals surface area contributed by atoms with Gasteiger partial charge in [-0.25, -0.2) is 0 Å². The normalized spacial score (nSPS) is 15.4. The molecule has 144 valence electrons. The fourth-order valence-corrected chi connectivity index (χ4v) is 3.72. The van der Waals surface area contributed by atoms with Crippen LogP contribution in [0.15, 0.2) is 42.5 Å². The van der Waals surface area contributed by atoms with Crippen molar-refractivity contribution in [3.05, 3.63) is 59.2 Å². The van der Waals surface area contributed by atoms with E-state index in [1.807, 2.05) is 12.1 Å². The number of ether oxygens (including phenoxy) is 1. The van der Waals surface area contributed by atoms with Gasteiger partial charge in [0.05, 0.1) is 13.2 Å². The predicted octanol–water partition coefficient (Wildman–Crippen LogP) is 4.44. The van der Waals surface area contributed by atoms with Crippen molar-refractivity contribution in [2.75, 3.05) is 32.1 Å². The highest BCUT2D eigenvalue weighted by atomic mass is 32.1. The molecule has 0 aromatic heterocycles. The zero-order valence-corrected chi connectivity index (χ0v) is 17.2. The van der Waals surface area contributed by atoms with Crippen LogP contribution in [-0.4, -0.2) is 36.8 Å². The van der Waals surface area contributed by atoms with Crippen LogP contribution >= 0.6 is 12.2 Å². The quantitative estimate of drug-likeness (QED) is 0.722. The first-order valence-corrected chi connectivity index (χ1v) is 9.98. The van der Waals surface area contributed by atoms with Gasteiger partial charge in [-0.2, -0.15) is 0 Å². The van der Waals surface area contributed by atoms with E-state index < -0.39 is 0 Å². The molecule has 0 spiro atoms. The van der Waals surface area contributed by atoms with Crippen LogP contribution in [-0.2, 0) is 0 Å². The molecule has 3 rings (SSSR count). The summed E-state index contributed by atoms with van der Waals surface area (Å²) in [7, 11) is 1.70. The molecule has 27 heavy (non-hydrogen) atoms. The number of rotatable bonds is 6. The second-order valence-electron chi connectivity index (χ2n) is 7.17. The molecule has 0 unspecified atom stereocenters. The molecule has 0 bridgehead atoms. The van der Waals surface area contributed by atoms with Gasteiger partial charge in [0.1, 0.15) is 5.75 Å². The van der Waals surface area contributed by atoms with Gasteiger partial charge >= 0.3 is 0 Å². The summed E-state index contributed by atoms with van der Waals surface area (Å²) >= 11 is 5.53. The second kappa shape index (κ2) is 9.20. The summed E-state index contributed by atoms with van der Waals surface area (Å²) in [6.45, 7) is 7.28. The average Bonchev–Trinajstić information content (AvgIpc) is 3.20. The monoisotopic (exact) mass is 383 g/mol. The minimum Gasteiger partial charge on any atom is -0.497 e.